The molecule has 0 aliphatic rings. The molecule has 3 aromatic rings. The molecule has 1 amide bonds. The van der Waals surface area contributed by atoms with Crippen LogP contribution in [0.1, 0.15) is 21.8 Å². The van der Waals surface area contributed by atoms with E-state index in [2.05, 4.69) is 15.5 Å². The number of methoxy groups -OCH3 is 1. The molecule has 0 saturated heterocycles. The number of ether oxygens (including phenoxy) is 1. The van der Waals surface area contributed by atoms with Gasteiger partial charge in [-0.05, 0) is 37.3 Å². The minimum absolute atomic E-state index is 0.115. The third-order valence-corrected chi connectivity index (χ3v) is 3.69. The second-order valence-electron chi connectivity index (χ2n) is 5.61. The number of aromatic nitrogens is 2. The van der Waals surface area contributed by atoms with E-state index in [0.717, 1.165) is 16.9 Å². The predicted molar refractivity (Wildman–Crippen MR) is 93.5 cm³/mol. The molecular formula is C19H19N3O3. The first-order valence-electron chi connectivity index (χ1n) is 7.97. The molecule has 0 bridgehead atoms. The van der Waals surface area contributed by atoms with Gasteiger partial charge in [0.05, 0.1) is 7.11 Å². The van der Waals surface area contributed by atoms with E-state index in [1.54, 1.807) is 13.2 Å². The maximum Gasteiger partial charge on any atom is 0.251 e. The second-order valence-corrected chi connectivity index (χ2v) is 5.61. The first-order valence-corrected chi connectivity index (χ1v) is 7.97. The van der Waals surface area contributed by atoms with Crippen LogP contribution in [0.15, 0.2) is 52.9 Å². The van der Waals surface area contributed by atoms with Gasteiger partial charge in [-0.1, -0.05) is 23.8 Å². The van der Waals surface area contributed by atoms with Gasteiger partial charge in [0, 0.05) is 24.1 Å². The van der Waals surface area contributed by atoms with Crippen molar-refractivity contribution < 1.29 is 13.9 Å². The Hall–Kier alpha value is -3.15. The summed E-state index contributed by atoms with van der Waals surface area (Å²) in [5.41, 5.74) is 2.48. The Bertz CT molecular complexity index is 874. The lowest BCUT2D eigenvalue weighted by molar-refractivity contribution is 0.0953. The van der Waals surface area contributed by atoms with Gasteiger partial charge in [0.2, 0.25) is 11.8 Å². The van der Waals surface area contributed by atoms with E-state index in [9.17, 15) is 4.79 Å². The number of benzene rings is 2. The summed E-state index contributed by atoms with van der Waals surface area (Å²) in [5, 5.41) is 10.9. The van der Waals surface area contributed by atoms with Crippen LogP contribution in [0, 0.1) is 6.92 Å². The van der Waals surface area contributed by atoms with E-state index in [1.165, 1.54) is 0 Å². The van der Waals surface area contributed by atoms with Crippen LogP contribution in [0.4, 0.5) is 0 Å². The number of carbonyl (C=O) groups is 1. The summed E-state index contributed by atoms with van der Waals surface area (Å²) < 4.78 is 10.8. The van der Waals surface area contributed by atoms with Crippen molar-refractivity contribution in [1.29, 1.82) is 0 Å². The molecule has 0 saturated carbocycles. The van der Waals surface area contributed by atoms with E-state index < -0.39 is 0 Å². The van der Waals surface area contributed by atoms with Crippen LogP contribution in [-0.4, -0.2) is 29.8 Å². The van der Waals surface area contributed by atoms with E-state index in [0.29, 0.717) is 30.3 Å². The molecule has 0 aliphatic heterocycles. The lowest BCUT2D eigenvalue weighted by Gasteiger charge is -2.04. The van der Waals surface area contributed by atoms with Crippen LogP contribution < -0.4 is 10.1 Å². The first kappa shape index (κ1) is 16.7. The quantitative estimate of drug-likeness (QED) is 0.748. The van der Waals surface area contributed by atoms with Crippen molar-refractivity contribution in [2.24, 2.45) is 0 Å². The lowest BCUT2D eigenvalue weighted by Crippen LogP contribution is -2.25. The van der Waals surface area contributed by atoms with Gasteiger partial charge in [-0.15, -0.1) is 10.2 Å². The molecule has 6 heteroatoms. The van der Waals surface area contributed by atoms with Crippen molar-refractivity contribution in [2.75, 3.05) is 13.7 Å². The minimum atomic E-state index is -0.115. The van der Waals surface area contributed by atoms with E-state index in [1.807, 2.05) is 49.4 Å². The van der Waals surface area contributed by atoms with Gasteiger partial charge in [-0.25, -0.2) is 0 Å². The number of nitrogens with zero attached hydrogens (tertiary/aromatic N) is 2. The SMILES string of the molecule is COc1cccc(-c2nnc(CCNC(=O)c3cccc(C)c3)o2)c1. The molecule has 2 aromatic carbocycles. The summed E-state index contributed by atoms with van der Waals surface area (Å²) in [6.45, 7) is 2.38. The Kier molecular flexibility index (Phi) is 5.09. The first-order chi connectivity index (χ1) is 12.2. The second kappa shape index (κ2) is 7.61. The van der Waals surface area contributed by atoms with Crippen LogP contribution in [-0.2, 0) is 6.42 Å². The van der Waals surface area contributed by atoms with Crippen LogP contribution in [0.5, 0.6) is 5.75 Å². The Labute approximate surface area is 145 Å². The van der Waals surface area contributed by atoms with Gasteiger partial charge in [0.1, 0.15) is 5.75 Å². The smallest absolute Gasteiger partial charge is 0.251 e. The fraction of sp³-hybridized carbons (Fsp3) is 0.211. The molecule has 0 unspecified atom stereocenters. The summed E-state index contributed by atoms with van der Waals surface area (Å²) in [6.07, 6.45) is 0.467. The molecule has 6 nitrogen and oxygen atoms in total. The maximum atomic E-state index is 12.1. The molecule has 0 radical (unpaired) electrons. The van der Waals surface area contributed by atoms with Crippen molar-refractivity contribution in [3.63, 3.8) is 0 Å². The highest BCUT2D eigenvalue weighted by Gasteiger charge is 2.10. The molecule has 0 atom stereocenters. The summed E-state index contributed by atoms with van der Waals surface area (Å²) in [6, 6.07) is 14.9. The predicted octanol–water partition coefficient (Wildman–Crippen LogP) is 3.03. The van der Waals surface area contributed by atoms with Crippen molar-refractivity contribution in [3.8, 4) is 17.2 Å². The highest BCUT2D eigenvalue weighted by molar-refractivity contribution is 5.94. The van der Waals surface area contributed by atoms with E-state index in [4.69, 9.17) is 9.15 Å². The Balaban J connectivity index is 1.57. The lowest BCUT2D eigenvalue weighted by atomic mass is 10.1. The Morgan fingerprint density at radius 3 is 2.80 bits per heavy atom. The molecule has 3 rings (SSSR count). The van der Waals surface area contributed by atoms with Crippen LogP contribution in [0.3, 0.4) is 0 Å². The van der Waals surface area contributed by atoms with Gasteiger partial charge >= 0.3 is 0 Å². The van der Waals surface area contributed by atoms with Crippen molar-refractivity contribution in [2.45, 2.75) is 13.3 Å². The normalized spacial score (nSPS) is 10.5. The van der Waals surface area contributed by atoms with Gasteiger partial charge in [0.15, 0.2) is 0 Å². The largest absolute Gasteiger partial charge is 0.497 e. The zero-order chi connectivity index (χ0) is 17.6. The summed E-state index contributed by atoms with van der Waals surface area (Å²) in [4.78, 5) is 12.1. The molecule has 1 N–H and O–H groups in total. The fourth-order valence-electron chi connectivity index (χ4n) is 2.40. The monoisotopic (exact) mass is 337 g/mol. The number of aryl methyl sites for hydroxylation is 1. The van der Waals surface area contributed by atoms with Gasteiger partial charge < -0.3 is 14.5 Å². The summed E-state index contributed by atoms with van der Waals surface area (Å²) in [7, 11) is 1.61. The Morgan fingerprint density at radius 2 is 2.00 bits per heavy atom. The number of hydrogen-bond donors (Lipinski definition) is 1. The molecule has 1 heterocycles. The number of rotatable bonds is 6. The third-order valence-electron chi connectivity index (χ3n) is 3.69. The number of amides is 1. The summed E-state index contributed by atoms with van der Waals surface area (Å²) >= 11 is 0. The highest BCUT2D eigenvalue weighted by Crippen LogP contribution is 2.22. The Morgan fingerprint density at radius 1 is 1.16 bits per heavy atom. The number of carbonyl (C=O) groups excluding carboxylic acids is 1. The maximum absolute atomic E-state index is 12.1. The molecule has 0 fully saturated rings. The topological polar surface area (TPSA) is 77.3 Å². The average Bonchev–Trinajstić information content (AvgIpc) is 3.10. The van der Waals surface area contributed by atoms with Gasteiger partial charge in [0.25, 0.3) is 5.91 Å². The average molecular weight is 337 g/mol. The molecule has 0 aliphatic carbocycles. The van der Waals surface area contributed by atoms with Crippen LogP contribution in [0.2, 0.25) is 0 Å². The molecule has 25 heavy (non-hydrogen) atoms. The third kappa shape index (κ3) is 4.23. The van der Waals surface area contributed by atoms with Gasteiger partial charge in [-0.3, -0.25) is 4.79 Å². The molecular weight excluding hydrogens is 318 g/mol. The number of hydrogen-bond acceptors (Lipinski definition) is 5. The van der Waals surface area contributed by atoms with Crippen LogP contribution in [0.25, 0.3) is 11.5 Å². The highest BCUT2D eigenvalue weighted by atomic mass is 16.5. The molecule has 128 valence electrons. The van der Waals surface area contributed by atoms with E-state index in [-0.39, 0.29) is 5.91 Å². The molecule has 0 spiro atoms. The summed E-state index contributed by atoms with van der Waals surface area (Å²) in [5.74, 6) is 1.51. The molecule has 1 aromatic heterocycles. The zero-order valence-electron chi connectivity index (χ0n) is 14.2. The fourth-order valence-corrected chi connectivity index (χ4v) is 2.40. The van der Waals surface area contributed by atoms with Crippen LogP contribution >= 0.6 is 0 Å². The standard InChI is InChI=1S/C19H19N3O3/c1-13-5-3-6-14(11-13)18(23)20-10-9-17-21-22-19(25-17)15-7-4-8-16(12-15)24-2/h3-8,11-12H,9-10H2,1-2H3,(H,20,23). The minimum Gasteiger partial charge on any atom is -0.497 e. The van der Waals surface area contributed by atoms with Gasteiger partial charge in [-0.2, -0.15) is 0 Å². The zero-order valence-corrected chi connectivity index (χ0v) is 14.2. The number of nitrogens with one attached hydrogen (secondary N) is 1. The van der Waals surface area contributed by atoms with Crippen molar-refractivity contribution in [1.82, 2.24) is 15.5 Å². The van der Waals surface area contributed by atoms with E-state index >= 15 is 0 Å². The van der Waals surface area contributed by atoms with Crippen molar-refractivity contribution in [3.05, 3.63) is 65.5 Å². The van der Waals surface area contributed by atoms with Crippen molar-refractivity contribution >= 4 is 5.91 Å².